The van der Waals surface area contributed by atoms with Crippen LogP contribution in [-0.2, 0) is 9.53 Å². The molecule has 2 aromatic carbocycles. The third kappa shape index (κ3) is 3.92. The van der Waals surface area contributed by atoms with E-state index in [4.69, 9.17) is 4.74 Å². The minimum atomic E-state index is -0.697. The maximum Gasteiger partial charge on any atom is 0.338 e. The number of fused-ring (bicyclic) bond motifs is 1. The Hall–Kier alpha value is -3.58. The van der Waals surface area contributed by atoms with Crippen molar-refractivity contribution in [2.75, 3.05) is 6.61 Å². The molecule has 1 aliphatic rings. The molecule has 0 bridgehead atoms. The number of esters is 1. The maximum atomic E-state index is 14.1. The highest BCUT2D eigenvalue weighted by molar-refractivity contribution is 7.07. The van der Waals surface area contributed by atoms with Crippen LogP contribution >= 0.6 is 11.3 Å². The van der Waals surface area contributed by atoms with Crippen molar-refractivity contribution in [2.24, 2.45) is 4.99 Å². The minimum absolute atomic E-state index is 0.0504. The number of carbonyl (C=O) groups excluding carboxylic acids is 1. The molecule has 156 valence electrons. The average Bonchev–Trinajstić information content (AvgIpc) is 3.08. The zero-order chi connectivity index (χ0) is 22.0. The monoisotopic (exact) mass is 434 g/mol. The number of aromatic nitrogens is 1. The summed E-state index contributed by atoms with van der Waals surface area (Å²) < 4.78 is 21.2. The molecule has 1 atom stereocenters. The van der Waals surface area contributed by atoms with Crippen LogP contribution in [0.4, 0.5) is 4.39 Å². The zero-order valence-corrected chi connectivity index (χ0v) is 17.6. The zero-order valence-electron chi connectivity index (χ0n) is 16.7. The van der Waals surface area contributed by atoms with Crippen LogP contribution in [0.25, 0.3) is 6.08 Å². The molecule has 0 aliphatic carbocycles. The quantitative estimate of drug-likeness (QED) is 0.458. The molecular formula is C24H19FN2O3S. The summed E-state index contributed by atoms with van der Waals surface area (Å²) in [7, 11) is 0. The molecule has 0 fully saturated rings. The van der Waals surface area contributed by atoms with Gasteiger partial charge in [-0.2, -0.15) is 0 Å². The number of halogens is 1. The lowest BCUT2D eigenvalue weighted by molar-refractivity contribution is -0.138. The summed E-state index contributed by atoms with van der Waals surface area (Å²) in [5.74, 6) is -0.976. The summed E-state index contributed by atoms with van der Waals surface area (Å²) >= 11 is 1.16. The van der Waals surface area contributed by atoms with Gasteiger partial charge in [-0.3, -0.25) is 9.36 Å². The average molecular weight is 434 g/mol. The summed E-state index contributed by atoms with van der Waals surface area (Å²) in [5.41, 5.74) is 1.48. The highest BCUT2D eigenvalue weighted by Crippen LogP contribution is 2.30. The Kier molecular flexibility index (Phi) is 5.77. The SMILES string of the molecule is C=CCOC(=O)C1=C(C)N=c2sc(=Cc3ccccc3F)c(=O)n2C1c1ccccc1. The smallest absolute Gasteiger partial charge is 0.338 e. The summed E-state index contributed by atoms with van der Waals surface area (Å²) in [6, 6.07) is 14.8. The van der Waals surface area contributed by atoms with E-state index in [-0.39, 0.29) is 17.7 Å². The molecule has 7 heteroatoms. The second-order valence-corrected chi connectivity index (χ2v) is 7.91. The van der Waals surface area contributed by atoms with Gasteiger partial charge < -0.3 is 4.74 Å². The summed E-state index contributed by atoms with van der Waals surface area (Å²) in [4.78, 5) is 31.2. The van der Waals surface area contributed by atoms with E-state index in [1.165, 1.54) is 22.8 Å². The van der Waals surface area contributed by atoms with Crippen molar-refractivity contribution in [1.82, 2.24) is 4.57 Å². The van der Waals surface area contributed by atoms with Crippen LogP contribution in [0.5, 0.6) is 0 Å². The Morgan fingerprint density at radius 1 is 1.23 bits per heavy atom. The van der Waals surface area contributed by atoms with Gasteiger partial charge in [-0.05, 0) is 24.6 Å². The van der Waals surface area contributed by atoms with Crippen molar-refractivity contribution < 1.29 is 13.9 Å². The Morgan fingerprint density at radius 2 is 1.94 bits per heavy atom. The van der Waals surface area contributed by atoms with E-state index in [0.717, 1.165) is 16.9 Å². The van der Waals surface area contributed by atoms with Crippen molar-refractivity contribution in [3.05, 3.63) is 115 Å². The lowest BCUT2D eigenvalue weighted by Gasteiger charge is -2.24. The van der Waals surface area contributed by atoms with Crippen LogP contribution in [0.1, 0.15) is 24.1 Å². The number of nitrogens with zero attached hydrogens (tertiary/aromatic N) is 2. The Morgan fingerprint density at radius 3 is 2.65 bits per heavy atom. The van der Waals surface area contributed by atoms with Gasteiger partial charge in [-0.25, -0.2) is 14.2 Å². The molecule has 5 nitrogen and oxygen atoms in total. The van der Waals surface area contributed by atoms with E-state index in [2.05, 4.69) is 11.6 Å². The van der Waals surface area contributed by atoms with Gasteiger partial charge in [-0.15, -0.1) is 0 Å². The molecule has 0 saturated heterocycles. The second kappa shape index (κ2) is 8.65. The standard InChI is InChI=1S/C24H19FN2O3S/c1-3-13-30-23(29)20-15(2)26-24-27(21(20)16-9-5-4-6-10-16)22(28)19(31-24)14-17-11-7-8-12-18(17)25/h3-12,14,21H,1,13H2,2H3. The highest BCUT2D eigenvalue weighted by atomic mass is 32.1. The van der Waals surface area contributed by atoms with Crippen molar-refractivity contribution in [1.29, 1.82) is 0 Å². The summed E-state index contributed by atoms with van der Waals surface area (Å²) in [6.45, 7) is 5.34. The van der Waals surface area contributed by atoms with Crippen LogP contribution in [0.2, 0.25) is 0 Å². The first-order chi connectivity index (χ1) is 15.0. The lowest BCUT2D eigenvalue weighted by atomic mass is 9.96. The van der Waals surface area contributed by atoms with Gasteiger partial charge >= 0.3 is 5.97 Å². The van der Waals surface area contributed by atoms with Crippen LogP contribution in [0.3, 0.4) is 0 Å². The van der Waals surface area contributed by atoms with Crippen molar-refractivity contribution in [3.63, 3.8) is 0 Å². The molecule has 0 N–H and O–H groups in total. The molecule has 0 radical (unpaired) electrons. The summed E-state index contributed by atoms with van der Waals surface area (Å²) in [5, 5.41) is 0. The van der Waals surface area contributed by atoms with Crippen LogP contribution < -0.4 is 14.9 Å². The normalized spacial score (nSPS) is 15.9. The van der Waals surface area contributed by atoms with Crippen LogP contribution in [-0.4, -0.2) is 17.1 Å². The van der Waals surface area contributed by atoms with E-state index >= 15 is 0 Å². The first-order valence-corrected chi connectivity index (χ1v) is 10.4. The first-order valence-electron chi connectivity index (χ1n) is 9.61. The Balaban J connectivity index is 1.95. The number of rotatable bonds is 5. The van der Waals surface area contributed by atoms with Crippen LogP contribution in [0.15, 0.2) is 88.3 Å². The fourth-order valence-electron chi connectivity index (χ4n) is 3.48. The number of benzene rings is 2. The molecule has 0 saturated carbocycles. The van der Waals surface area contributed by atoms with Gasteiger partial charge in [0.15, 0.2) is 4.80 Å². The number of allylic oxidation sites excluding steroid dienone is 1. The van der Waals surface area contributed by atoms with E-state index in [1.54, 1.807) is 25.1 Å². The largest absolute Gasteiger partial charge is 0.458 e. The Bertz CT molecular complexity index is 1370. The van der Waals surface area contributed by atoms with Crippen molar-refractivity contribution in [2.45, 2.75) is 13.0 Å². The van der Waals surface area contributed by atoms with E-state index in [0.29, 0.717) is 20.6 Å². The molecular weight excluding hydrogens is 415 g/mol. The van der Waals surface area contributed by atoms with Gasteiger partial charge in [0.2, 0.25) is 0 Å². The van der Waals surface area contributed by atoms with E-state index in [9.17, 15) is 14.0 Å². The van der Waals surface area contributed by atoms with Crippen molar-refractivity contribution >= 4 is 23.4 Å². The van der Waals surface area contributed by atoms with Gasteiger partial charge in [-0.1, -0.05) is 72.5 Å². The summed E-state index contributed by atoms with van der Waals surface area (Å²) in [6.07, 6.45) is 2.99. The number of hydrogen-bond acceptors (Lipinski definition) is 5. The third-order valence-electron chi connectivity index (χ3n) is 4.88. The molecule has 1 aromatic heterocycles. The van der Waals surface area contributed by atoms with Gasteiger partial charge in [0, 0.05) is 5.56 Å². The number of hydrogen-bond donors (Lipinski definition) is 0. The van der Waals surface area contributed by atoms with Gasteiger partial charge in [0.05, 0.1) is 21.8 Å². The lowest BCUT2D eigenvalue weighted by Crippen LogP contribution is -2.39. The highest BCUT2D eigenvalue weighted by Gasteiger charge is 2.33. The fourth-order valence-corrected chi connectivity index (χ4v) is 4.52. The third-order valence-corrected chi connectivity index (χ3v) is 5.86. The molecule has 31 heavy (non-hydrogen) atoms. The molecule has 1 unspecified atom stereocenters. The molecule has 0 spiro atoms. The predicted octanol–water partition coefficient (Wildman–Crippen LogP) is 3.10. The number of carbonyl (C=O) groups is 1. The second-order valence-electron chi connectivity index (χ2n) is 6.90. The van der Waals surface area contributed by atoms with Crippen LogP contribution in [0, 0.1) is 5.82 Å². The predicted molar refractivity (Wildman–Crippen MR) is 118 cm³/mol. The molecule has 3 aromatic rings. The molecule has 4 rings (SSSR count). The first kappa shape index (κ1) is 20.7. The molecule has 1 aliphatic heterocycles. The van der Waals surface area contributed by atoms with E-state index in [1.807, 2.05) is 30.3 Å². The fraction of sp³-hybridized carbons (Fsp3) is 0.125. The number of thiazole rings is 1. The maximum absolute atomic E-state index is 14.1. The van der Waals surface area contributed by atoms with Gasteiger partial charge in [0.1, 0.15) is 12.4 Å². The Labute approximate surface area is 181 Å². The van der Waals surface area contributed by atoms with Crippen molar-refractivity contribution in [3.8, 4) is 0 Å². The number of ether oxygens (including phenoxy) is 1. The topological polar surface area (TPSA) is 60.7 Å². The van der Waals surface area contributed by atoms with E-state index < -0.39 is 17.8 Å². The van der Waals surface area contributed by atoms with Gasteiger partial charge in [0.25, 0.3) is 5.56 Å². The molecule has 2 heterocycles. The minimum Gasteiger partial charge on any atom is -0.458 e. The molecule has 0 amide bonds.